The maximum Gasteiger partial charge on any atom is 0.136 e. The van der Waals surface area contributed by atoms with Crippen LogP contribution in [0.2, 0.25) is 0 Å². The van der Waals surface area contributed by atoms with E-state index in [2.05, 4.69) is 34.4 Å². The highest BCUT2D eigenvalue weighted by molar-refractivity contribution is 5.60. The number of benzene rings is 1. The second-order valence-corrected chi connectivity index (χ2v) is 4.69. The fraction of sp³-hybridized carbons (Fsp3) is 0.375. The van der Waals surface area contributed by atoms with E-state index in [1.165, 1.54) is 0 Å². The Hall–Kier alpha value is -2.30. The predicted octanol–water partition coefficient (Wildman–Crippen LogP) is 3.61. The summed E-state index contributed by atoms with van der Waals surface area (Å²) in [7, 11) is 1.66. The van der Waals surface area contributed by atoms with Gasteiger partial charge >= 0.3 is 0 Å². The lowest BCUT2D eigenvalue weighted by Gasteiger charge is -2.11. The van der Waals surface area contributed by atoms with Crippen LogP contribution < -0.4 is 15.4 Å². The van der Waals surface area contributed by atoms with Crippen LogP contribution in [-0.2, 0) is 6.42 Å². The largest absolute Gasteiger partial charge is 0.497 e. The van der Waals surface area contributed by atoms with Crippen molar-refractivity contribution < 1.29 is 4.74 Å². The highest BCUT2D eigenvalue weighted by atomic mass is 16.5. The van der Waals surface area contributed by atoms with Crippen LogP contribution in [0.1, 0.15) is 26.1 Å². The van der Waals surface area contributed by atoms with Gasteiger partial charge in [0, 0.05) is 24.7 Å². The summed E-state index contributed by atoms with van der Waals surface area (Å²) >= 11 is 0. The molecule has 0 atom stereocenters. The van der Waals surface area contributed by atoms with Crippen LogP contribution in [0.3, 0.4) is 0 Å². The topological polar surface area (TPSA) is 59.1 Å². The summed E-state index contributed by atoms with van der Waals surface area (Å²) in [5.74, 6) is 3.34. The van der Waals surface area contributed by atoms with E-state index in [9.17, 15) is 0 Å². The van der Waals surface area contributed by atoms with Crippen molar-refractivity contribution in [2.45, 2.75) is 26.7 Å². The molecule has 1 aromatic carbocycles. The van der Waals surface area contributed by atoms with Gasteiger partial charge < -0.3 is 15.4 Å². The van der Waals surface area contributed by atoms with Crippen molar-refractivity contribution in [2.75, 3.05) is 24.3 Å². The molecule has 0 bridgehead atoms. The van der Waals surface area contributed by atoms with Crippen molar-refractivity contribution in [2.24, 2.45) is 0 Å². The highest BCUT2D eigenvalue weighted by Gasteiger charge is 2.04. The van der Waals surface area contributed by atoms with E-state index in [-0.39, 0.29) is 0 Å². The van der Waals surface area contributed by atoms with Crippen molar-refractivity contribution in [3.8, 4) is 5.75 Å². The normalized spacial score (nSPS) is 10.2. The number of aromatic nitrogens is 2. The maximum absolute atomic E-state index is 5.16. The first-order valence-corrected chi connectivity index (χ1v) is 7.28. The van der Waals surface area contributed by atoms with E-state index in [4.69, 9.17) is 4.74 Å². The van der Waals surface area contributed by atoms with Crippen LogP contribution in [-0.4, -0.2) is 23.6 Å². The van der Waals surface area contributed by atoms with Gasteiger partial charge in [-0.1, -0.05) is 6.92 Å². The van der Waals surface area contributed by atoms with Crippen LogP contribution in [0, 0.1) is 0 Å². The second-order valence-electron chi connectivity index (χ2n) is 4.69. The Balaban J connectivity index is 2.20. The molecular formula is C16H22N4O. The van der Waals surface area contributed by atoms with Gasteiger partial charge in [-0.3, -0.25) is 0 Å². The van der Waals surface area contributed by atoms with Crippen LogP contribution >= 0.6 is 0 Å². The first-order valence-electron chi connectivity index (χ1n) is 7.28. The smallest absolute Gasteiger partial charge is 0.136 e. The van der Waals surface area contributed by atoms with Gasteiger partial charge in [-0.25, -0.2) is 9.97 Å². The number of anilines is 3. The van der Waals surface area contributed by atoms with Gasteiger partial charge in [0.05, 0.1) is 7.11 Å². The summed E-state index contributed by atoms with van der Waals surface area (Å²) in [6.07, 6.45) is 1.90. The molecule has 5 nitrogen and oxygen atoms in total. The summed E-state index contributed by atoms with van der Waals surface area (Å²) in [5.41, 5.74) is 0.972. The number of hydrogen-bond acceptors (Lipinski definition) is 5. The van der Waals surface area contributed by atoms with Crippen molar-refractivity contribution in [1.82, 2.24) is 9.97 Å². The fourth-order valence-electron chi connectivity index (χ4n) is 1.99. The average Bonchev–Trinajstić information content (AvgIpc) is 2.48. The molecule has 0 fully saturated rings. The molecule has 1 heterocycles. The van der Waals surface area contributed by atoms with E-state index in [0.29, 0.717) is 0 Å². The average molecular weight is 286 g/mol. The lowest BCUT2D eigenvalue weighted by Crippen LogP contribution is -2.06. The molecule has 0 aliphatic rings. The zero-order valence-electron chi connectivity index (χ0n) is 12.8. The monoisotopic (exact) mass is 286 g/mol. The fourth-order valence-corrected chi connectivity index (χ4v) is 1.99. The number of ether oxygens (including phenoxy) is 1. The van der Waals surface area contributed by atoms with Gasteiger partial charge in [0.25, 0.3) is 0 Å². The third-order valence-corrected chi connectivity index (χ3v) is 2.97. The Labute approximate surface area is 125 Å². The Bertz CT molecular complexity index is 545. The predicted molar refractivity (Wildman–Crippen MR) is 86.5 cm³/mol. The van der Waals surface area contributed by atoms with Gasteiger partial charge in [0.15, 0.2) is 0 Å². The first-order chi connectivity index (χ1) is 10.2. The molecule has 21 heavy (non-hydrogen) atoms. The number of rotatable bonds is 7. The maximum atomic E-state index is 5.16. The number of nitrogens with zero attached hydrogens (tertiary/aromatic N) is 2. The Kier molecular flexibility index (Phi) is 5.37. The molecule has 0 aliphatic heterocycles. The summed E-state index contributed by atoms with van der Waals surface area (Å²) < 4.78 is 5.16. The van der Waals surface area contributed by atoms with Gasteiger partial charge in [-0.2, -0.15) is 0 Å². The van der Waals surface area contributed by atoms with Gasteiger partial charge in [-0.05, 0) is 37.6 Å². The molecule has 0 saturated heterocycles. The van der Waals surface area contributed by atoms with Crippen molar-refractivity contribution in [3.63, 3.8) is 0 Å². The molecule has 0 unspecified atom stereocenters. The van der Waals surface area contributed by atoms with E-state index in [1.54, 1.807) is 7.11 Å². The summed E-state index contributed by atoms with van der Waals surface area (Å²) in [6.45, 7) is 5.02. The quantitative estimate of drug-likeness (QED) is 0.814. The zero-order chi connectivity index (χ0) is 15.1. The molecule has 0 spiro atoms. The van der Waals surface area contributed by atoms with E-state index < -0.39 is 0 Å². The van der Waals surface area contributed by atoms with Crippen LogP contribution in [0.15, 0.2) is 30.3 Å². The van der Waals surface area contributed by atoms with Crippen LogP contribution in [0.25, 0.3) is 0 Å². The molecular weight excluding hydrogens is 264 g/mol. The molecule has 0 amide bonds. The molecule has 2 N–H and O–H groups in total. The van der Waals surface area contributed by atoms with Crippen LogP contribution in [0.4, 0.5) is 17.3 Å². The van der Waals surface area contributed by atoms with Crippen molar-refractivity contribution in [1.29, 1.82) is 0 Å². The van der Waals surface area contributed by atoms with Gasteiger partial charge in [0.1, 0.15) is 23.2 Å². The zero-order valence-corrected chi connectivity index (χ0v) is 12.8. The molecule has 5 heteroatoms. The molecule has 2 aromatic rings. The Morgan fingerprint density at radius 3 is 2.38 bits per heavy atom. The Morgan fingerprint density at radius 2 is 1.76 bits per heavy atom. The third kappa shape index (κ3) is 4.34. The second kappa shape index (κ2) is 7.47. The number of methoxy groups -OCH3 is 1. The summed E-state index contributed by atoms with van der Waals surface area (Å²) in [5, 5.41) is 6.55. The first kappa shape index (κ1) is 15.1. The Morgan fingerprint density at radius 1 is 1.05 bits per heavy atom. The number of aryl methyl sites for hydroxylation is 1. The van der Waals surface area contributed by atoms with E-state index in [1.807, 2.05) is 30.3 Å². The van der Waals surface area contributed by atoms with E-state index >= 15 is 0 Å². The molecule has 0 saturated carbocycles. The van der Waals surface area contributed by atoms with Gasteiger partial charge in [-0.15, -0.1) is 0 Å². The lowest BCUT2D eigenvalue weighted by atomic mass is 10.3. The minimum absolute atomic E-state index is 0.801. The molecule has 0 radical (unpaired) electrons. The minimum atomic E-state index is 0.801. The van der Waals surface area contributed by atoms with Crippen LogP contribution in [0.5, 0.6) is 5.75 Å². The summed E-state index contributed by atoms with van der Waals surface area (Å²) in [6, 6.07) is 9.69. The van der Waals surface area contributed by atoms with Crippen molar-refractivity contribution >= 4 is 17.3 Å². The van der Waals surface area contributed by atoms with Gasteiger partial charge in [0.2, 0.25) is 0 Å². The molecule has 2 rings (SSSR count). The summed E-state index contributed by atoms with van der Waals surface area (Å²) in [4.78, 5) is 9.05. The molecule has 112 valence electrons. The van der Waals surface area contributed by atoms with Crippen molar-refractivity contribution in [3.05, 3.63) is 36.2 Å². The van der Waals surface area contributed by atoms with E-state index in [0.717, 1.165) is 48.3 Å². The lowest BCUT2D eigenvalue weighted by molar-refractivity contribution is 0.415. The number of hydrogen-bond donors (Lipinski definition) is 2. The standard InChI is InChI=1S/C16H22N4O/c1-4-6-14-19-15(17-5-2)11-16(20-14)18-12-7-9-13(21-3)10-8-12/h7-11H,4-6H2,1-3H3,(H2,17,18,19,20). The molecule has 0 aliphatic carbocycles. The number of nitrogens with one attached hydrogen (secondary N) is 2. The SMILES string of the molecule is CCCc1nc(NCC)cc(Nc2ccc(OC)cc2)n1. The molecule has 1 aromatic heterocycles. The highest BCUT2D eigenvalue weighted by Crippen LogP contribution is 2.20. The third-order valence-electron chi connectivity index (χ3n) is 2.97. The minimum Gasteiger partial charge on any atom is -0.497 e.